The molecule has 0 aliphatic carbocycles. The Labute approximate surface area is 105 Å². The number of carbonyl (C=O) groups is 1. The number of carbonyl (C=O) groups excluding carboxylic acids is 1. The van der Waals surface area contributed by atoms with E-state index < -0.39 is 0 Å². The van der Waals surface area contributed by atoms with Crippen molar-refractivity contribution in [3.63, 3.8) is 0 Å². The van der Waals surface area contributed by atoms with Gasteiger partial charge in [-0.15, -0.1) is 12.4 Å². The smallest absolute Gasteiger partial charge is 0.307 e. The predicted molar refractivity (Wildman–Crippen MR) is 63.4 cm³/mol. The van der Waals surface area contributed by atoms with Gasteiger partial charge in [0.1, 0.15) is 0 Å². The molecule has 1 unspecified atom stereocenters. The minimum atomic E-state index is -0.387. The van der Waals surface area contributed by atoms with Crippen LogP contribution in [0.1, 0.15) is 18.0 Å². The summed E-state index contributed by atoms with van der Waals surface area (Å²) in [6.07, 6.45) is 0.149. The van der Waals surface area contributed by atoms with Crippen molar-refractivity contribution in [2.24, 2.45) is 5.73 Å². The minimum Gasteiger partial charge on any atom is -0.469 e. The fourth-order valence-electron chi connectivity index (χ4n) is 1.52. The Kier molecular flexibility index (Phi) is 4.60. The molecule has 2 N–H and O–H groups in total. The number of hydrogen-bond acceptors (Lipinski definition) is 5. The highest BCUT2D eigenvalue weighted by Gasteiger charge is 2.17. The van der Waals surface area contributed by atoms with Gasteiger partial charge in [0.05, 0.1) is 13.5 Å². The third-order valence-electron chi connectivity index (χ3n) is 2.44. The quantitative estimate of drug-likeness (QED) is 0.831. The van der Waals surface area contributed by atoms with E-state index in [4.69, 9.17) is 15.2 Å². The molecular formula is C11H14ClNO4. The van der Waals surface area contributed by atoms with Crippen molar-refractivity contribution in [2.75, 3.05) is 13.9 Å². The molecule has 1 aliphatic heterocycles. The van der Waals surface area contributed by atoms with Crippen molar-refractivity contribution in [2.45, 2.75) is 12.5 Å². The van der Waals surface area contributed by atoms with Gasteiger partial charge in [0.15, 0.2) is 11.5 Å². The van der Waals surface area contributed by atoms with E-state index in [1.807, 2.05) is 6.07 Å². The van der Waals surface area contributed by atoms with Gasteiger partial charge in [0.25, 0.3) is 0 Å². The summed E-state index contributed by atoms with van der Waals surface area (Å²) in [5.41, 5.74) is 6.70. The minimum absolute atomic E-state index is 0. The van der Waals surface area contributed by atoms with E-state index in [1.165, 1.54) is 7.11 Å². The van der Waals surface area contributed by atoms with Crippen LogP contribution in [-0.2, 0) is 9.53 Å². The Morgan fingerprint density at radius 2 is 2.18 bits per heavy atom. The molecule has 1 aromatic rings. The molecule has 5 nitrogen and oxygen atoms in total. The molecule has 0 saturated heterocycles. The summed E-state index contributed by atoms with van der Waals surface area (Å²) >= 11 is 0. The number of methoxy groups -OCH3 is 1. The van der Waals surface area contributed by atoms with Gasteiger partial charge in [0, 0.05) is 6.04 Å². The van der Waals surface area contributed by atoms with E-state index in [9.17, 15) is 4.79 Å². The molecule has 0 aromatic heterocycles. The van der Waals surface area contributed by atoms with E-state index in [0.717, 1.165) is 5.56 Å². The first-order chi connectivity index (χ1) is 7.70. The standard InChI is InChI=1S/C11H13NO4.ClH/c1-14-11(13)5-8(12)7-2-3-9-10(4-7)16-6-15-9;/h2-4,8H,5-6,12H2,1H3;1H. The summed E-state index contributed by atoms with van der Waals surface area (Å²) in [6.45, 7) is 0.227. The van der Waals surface area contributed by atoms with Crippen molar-refractivity contribution in [3.8, 4) is 11.5 Å². The molecule has 0 saturated carbocycles. The van der Waals surface area contributed by atoms with Gasteiger partial charge < -0.3 is 19.9 Å². The summed E-state index contributed by atoms with van der Waals surface area (Å²) < 4.78 is 15.0. The number of benzene rings is 1. The Bertz CT molecular complexity index is 410. The zero-order chi connectivity index (χ0) is 11.5. The van der Waals surface area contributed by atoms with Crippen LogP contribution in [0.4, 0.5) is 0 Å². The van der Waals surface area contributed by atoms with Crippen LogP contribution in [0.3, 0.4) is 0 Å². The first kappa shape index (κ1) is 13.6. The second-order valence-electron chi connectivity index (χ2n) is 3.50. The zero-order valence-corrected chi connectivity index (χ0v) is 10.2. The third-order valence-corrected chi connectivity index (χ3v) is 2.44. The van der Waals surface area contributed by atoms with Crippen LogP contribution in [0.2, 0.25) is 0 Å². The number of rotatable bonds is 3. The summed E-state index contributed by atoms with van der Waals surface area (Å²) in [4.78, 5) is 11.1. The number of esters is 1. The van der Waals surface area contributed by atoms with Crippen LogP contribution < -0.4 is 15.2 Å². The van der Waals surface area contributed by atoms with Gasteiger partial charge in [-0.3, -0.25) is 4.79 Å². The average Bonchev–Trinajstić information content (AvgIpc) is 2.75. The van der Waals surface area contributed by atoms with Crippen LogP contribution in [0, 0.1) is 0 Å². The Morgan fingerprint density at radius 1 is 1.47 bits per heavy atom. The molecule has 1 aliphatic rings. The lowest BCUT2D eigenvalue weighted by molar-refractivity contribution is -0.141. The molecule has 0 bridgehead atoms. The van der Waals surface area contributed by atoms with E-state index in [2.05, 4.69) is 4.74 Å². The Balaban J connectivity index is 0.00000144. The van der Waals surface area contributed by atoms with Crippen LogP contribution in [0.25, 0.3) is 0 Å². The molecule has 2 rings (SSSR count). The van der Waals surface area contributed by atoms with Crippen molar-refractivity contribution >= 4 is 18.4 Å². The molecule has 0 radical (unpaired) electrons. The predicted octanol–water partition coefficient (Wildman–Crippen LogP) is 1.40. The van der Waals surface area contributed by atoms with Crippen molar-refractivity contribution in [1.29, 1.82) is 0 Å². The maximum atomic E-state index is 11.1. The first-order valence-corrected chi connectivity index (χ1v) is 4.92. The Morgan fingerprint density at radius 3 is 2.88 bits per heavy atom. The molecule has 1 atom stereocenters. The SMILES string of the molecule is COC(=O)CC(N)c1ccc2c(c1)OCO2.Cl. The first-order valence-electron chi connectivity index (χ1n) is 4.92. The molecule has 17 heavy (non-hydrogen) atoms. The molecular weight excluding hydrogens is 246 g/mol. The average molecular weight is 260 g/mol. The van der Waals surface area contributed by atoms with Gasteiger partial charge in [-0.05, 0) is 17.7 Å². The van der Waals surface area contributed by atoms with Crippen LogP contribution in [-0.4, -0.2) is 19.9 Å². The van der Waals surface area contributed by atoms with Gasteiger partial charge in [-0.2, -0.15) is 0 Å². The van der Waals surface area contributed by atoms with E-state index in [0.29, 0.717) is 11.5 Å². The third kappa shape index (κ3) is 3.01. The van der Waals surface area contributed by atoms with Gasteiger partial charge >= 0.3 is 5.97 Å². The monoisotopic (exact) mass is 259 g/mol. The Hall–Kier alpha value is -1.46. The van der Waals surface area contributed by atoms with Crippen LogP contribution in [0.15, 0.2) is 18.2 Å². The number of fused-ring (bicyclic) bond motifs is 1. The summed E-state index contributed by atoms with van der Waals surface area (Å²) in [6, 6.07) is 5.01. The number of hydrogen-bond donors (Lipinski definition) is 1. The topological polar surface area (TPSA) is 70.8 Å². The maximum Gasteiger partial charge on any atom is 0.307 e. The summed E-state index contributed by atoms with van der Waals surface area (Å²) in [7, 11) is 1.34. The van der Waals surface area contributed by atoms with Crippen molar-refractivity contribution in [3.05, 3.63) is 23.8 Å². The fourth-order valence-corrected chi connectivity index (χ4v) is 1.52. The van der Waals surface area contributed by atoms with Crippen molar-refractivity contribution < 1.29 is 19.0 Å². The molecule has 6 heteroatoms. The maximum absolute atomic E-state index is 11.1. The lowest BCUT2D eigenvalue weighted by Crippen LogP contribution is -2.16. The highest BCUT2D eigenvalue weighted by Crippen LogP contribution is 2.34. The summed E-state index contributed by atoms with van der Waals surface area (Å²) in [5.74, 6) is 1.04. The number of ether oxygens (including phenoxy) is 3. The highest BCUT2D eigenvalue weighted by atomic mass is 35.5. The van der Waals surface area contributed by atoms with E-state index >= 15 is 0 Å². The summed E-state index contributed by atoms with van der Waals surface area (Å²) in [5, 5.41) is 0. The molecule has 0 amide bonds. The highest BCUT2D eigenvalue weighted by molar-refractivity contribution is 5.85. The molecule has 1 aromatic carbocycles. The normalized spacial score (nSPS) is 13.8. The lowest BCUT2D eigenvalue weighted by atomic mass is 10.0. The largest absolute Gasteiger partial charge is 0.469 e. The second kappa shape index (κ2) is 5.75. The van der Waals surface area contributed by atoms with Crippen LogP contribution in [0.5, 0.6) is 11.5 Å². The molecule has 0 spiro atoms. The number of nitrogens with two attached hydrogens (primary N) is 1. The van der Waals surface area contributed by atoms with E-state index in [-0.39, 0.29) is 37.6 Å². The van der Waals surface area contributed by atoms with Gasteiger partial charge in [0.2, 0.25) is 6.79 Å². The molecule has 1 heterocycles. The molecule has 0 fully saturated rings. The van der Waals surface area contributed by atoms with Crippen molar-refractivity contribution in [1.82, 2.24) is 0 Å². The zero-order valence-electron chi connectivity index (χ0n) is 9.34. The van der Waals surface area contributed by atoms with Gasteiger partial charge in [-0.25, -0.2) is 0 Å². The van der Waals surface area contributed by atoms with Gasteiger partial charge in [-0.1, -0.05) is 6.07 Å². The molecule has 94 valence electrons. The van der Waals surface area contributed by atoms with Crippen LogP contribution >= 0.6 is 12.4 Å². The number of halogens is 1. The lowest BCUT2D eigenvalue weighted by Gasteiger charge is -2.10. The second-order valence-corrected chi connectivity index (χ2v) is 3.50. The van der Waals surface area contributed by atoms with E-state index in [1.54, 1.807) is 12.1 Å². The fraction of sp³-hybridized carbons (Fsp3) is 0.364.